The van der Waals surface area contributed by atoms with E-state index in [0.717, 1.165) is 5.56 Å². The minimum atomic E-state index is -0.569. The molecule has 0 aromatic heterocycles. The van der Waals surface area contributed by atoms with Crippen LogP contribution in [0.15, 0.2) is 54.6 Å². The van der Waals surface area contributed by atoms with E-state index in [4.69, 9.17) is 18.9 Å². The van der Waals surface area contributed by atoms with Crippen molar-refractivity contribution in [3.05, 3.63) is 75.8 Å². The lowest BCUT2D eigenvalue weighted by Gasteiger charge is -2.29. The van der Waals surface area contributed by atoms with Crippen LogP contribution in [-0.4, -0.2) is 49.5 Å². The number of ether oxygens (including phenoxy) is 4. The van der Waals surface area contributed by atoms with E-state index in [-0.39, 0.29) is 30.1 Å². The summed E-state index contributed by atoms with van der Waals surface area (Å²) in [6.07, 6.45) is -0.624. The molecule has 1 heterocycles. The van der Waals surface area contributed by atoms with Crippen LogP contribution in [0.4, 0.5) is 5.69 Å². The molecule has 28 heavy (non-hydrogen) atoms. The fraction of sp³-hybridized carbons (Fsp3) is 0.350. The molecule has 8 heteroatoms. The van der Waals surface area contributed by atoms with Gasteiger partial charge in [-0.1, -0.05) is 30.3 Å². The van der Waals surface area contributed by atoms with Gasteiger partial charge in [0.05, 0.1) is 36.9 Å². The Hall–Kier alpha value is -2.81. The monoisotopic (exact) mass is 387 g/mol. The van der Waals surface area contributed by atoms with Crippen molar-refractivity contribution >= 4 is 11.7 Å². The van der Waals surface area contributed by atoms with E-state index < -0.39 is 10.9 Å². The quantitative estimate of drug-likeness (QED) is 0.390. The number of nitrogens with zero attached hydrogens (tertiary/aromatic N) is 1. The minimum absolute atomic E-state index is 0.0327. The number of nitro benzene ring substituents is 1. The van der Waals surface area contributed by atoms with E-state index in [9.17, 15) is 14.9 Å². The number of esters is 1. The normalized spacial score (nSPS) is 19.1. The maximum atomic E-state index is 12.1. The first-order valence-corrected chi connectivity index (χ1v) is 8.88. The molecule has 2 atom stereocenters. The summed E-state index contributed by atoms with van der Waals surface area (Å²) in [4.78, 5) is 22.2. The molecule has 8 nitrogen and oxygen atoms in total. The second-order valence-corrected chi connectivity index (χ2v) is 6.32. The lowest BCUT2D eigenvalue weighted by Crippen LogP contribution is -2.41. The first kappa shape index (κ1) is 19.9. The number of nitro groups is 1. The maximum Gasteiger partial charge on any atom is 0.338 e. The Morgan fingerprint density at radius 2 is 1.71 bits per heavy atom. The summed E-state index contributed by atoms with van der Waals surface area (Å²) in [5.41, 5.74) is 1.23. The van der Waals surface area contributed by atoms with Crippen molar-refractivity contribution in [2.45, 2.75) is 18.8 Å². The summed E-state index contributed by atoms with van der Waals surface area (Å²) in [6, 6.07) is 15.1. The van der Waals surface area contributed by atoms with Crippen LogP contribution in [-0.2, 0) is 25.6 Å². The zero-order valence-electron chi connectivity index (χ0n) is 15.2. The van der Waals surface area contributed by atoms with E-state index in [1.807, 2.05) is 30.3 Å². The number of hydrogen-bond donors (Lipinski definition) is 0. The summed E-state index contributed by atoms with van der Waals surface area (Å²) in [7, 11) is 0. The maximum absolute atomic E-state index is 12.1. The third-order valence-electron chi connectivity index (χ3n) is 4.12. The van der Waals surface area contributed by atoms with Crippen LogP contribution in [0.1, 0.15) is 15.9 Å². The van der Waals surface area contributed by atoms with Crippen LogP contribution in [0.2, 0.25) is 0 Å². The van der Waals surface area contributed by atoms with Crippen molar-refractivity contribution in [1.29, 1.82) is 0 Å². The van der Waals surface area contributed by atoms with Crippen LogP contribution >= 0.6 is 0 Å². The van der Waals surface area contributed by atoms with Crippen molar-refractivity contribution < 1.29 is 28.7 Å². The van der Waals surface area contributed by atoms with Gasteiger partial charge in [-0.15, -0.1) is 0 Å². The highest BCUT2D eigenvalue weighted by Crippen LogP contribution is 2.14. The van der Waals surface area contributed by atoms with Gasteiger partial charge in [0, 0.05) is 12.1 Å². The Morgan fingerprint density at radius 3 is 2.39 bits per heavy atom. The second kappa shape index (κ2) is 9.93. The molecule has 0 amide bonds. The Balaban J connectivity index is 1.40. The second-order valence-electron chi connectivity index (χ2n) is 6.32. The molecule has 1 fully saturated rings. The van der Waals surface area contributed by atoms with Gasteiger partial charge < -0.3 is 18.9 Å². The van der Waals surface area contributed by atoms with E-state index in [1.165, 1.54) is 24.3 Å². The van der Waals surface area contributed by atoms with E-state index in [0.29, 0.717) is 26.4 Å². The van der Waals surface area contributed by atoms with Crippen LogP contribution < -0.4 is 0 Å². The highest BCUT2D eigenvalue weighted by Gasteiger charge is 2.25. The molecular formula is C20H21NO7. The third-order valence-corrected chi connectivity index (χ3v) is 4.12. The molecule has 1 unspecified atom stereocenters. The van der Waals surface area contributed by atoms with Gasteiger partial charge in [0.2, 0.25) is 0 Å². The average molecular weight is 387 g/mol. The molecule has 148 valence electrons. The van der Waals surface area contributed by atoms with Crippen molar-refractivity contribution in [3.63, 3.8) is 0 Å². The summed E-state index contributed by atoms with van der Waals surface area (Å²) < 4.78 is 22.3. The standard InChI is InChI=1S/C20H21NO7/c22-20(16-6-8-17(9-7-16)21(23)24)27-14-19-13-26-12-18(28-19)11-25-10-15-4-2-1-3-5-15/h1-9,18-19H,10-14H2/t18-,19?/m0/s1. The number of hydrogen-bond acceptors (Lipinski definition) is 7. The first-order chi connectivity index (χ1) is 13.6. The van der Waals surface area contributed by atoms with Crippen molar-refractivity contribution in [2.24, 2.45) is 0 Å². The molecule has 0 N–H and O–H groups in total. The summed E-state index contributed by atoms with van der Waals surface area (Å²) in [5, 5.41) is 10.6. The molecule has 1 aliphatic heterocycles. The fourth-order valence-electron chi connectivity index (χ4n) is 2.71. The molecule has 1 saturated heterocycles. The molecule has 0 radical (unpaired) electrons. The van der Waals surface area contributed by atoms with Gasteiger partial charge in [0.15, 0.2) is 0 Å². The van der Waals surface area contributed by atoms with Gasteiger partial charge in [-0.2, -0.15) is 0 Å². The predicted octanol–water partition coefficient (Wildman–Crippen LogP) is 2.75. The van der Waals surface area contributed by atoms with Gasteiger partial charge in [-0.25, -0.2) is 4.79 Å². The molecule has 0 saturated carbocycles. The minimum Gasteiger partial charge on any atom is -0.459 e. The van der Waals surface area contributed by atoms with Crippen molar-refractivity contribution in [2.75, 3.05) is 26.4 Å². The third kappa shape index (κ3) is 5.85. The average Bonchev–Trinajstić information content (AvgIpc) is 2.73. The fourth-order valence-corrected chi connectivity index (χ4v) is 2.71. The van der Waals surface area contributed by atoms with E-state index in [2.05, 4.69) is 0 Å². The van der Waals surface area contributed by atoms with Crippen LogP contribution in [0.5, 0.6) is 0 Å². The van der Waals surface area contributed by atoms with Gasteiger partial charge in [0.25, 0.3) is 5.69 Å². The van der Waals surface area contributed by atoms with Crippen LogP contribution in [0, 0.1) is 10.1 Å². The number of carbonyl (C=O) groups excluding carboxylic acids is 1. The summed E-state index contributed by atoms with van der Waals surface area (Å²) in [6.45, 7) is 1.64. The zero-order valence-corrected chi connectivity index (χ0v) is 15.2. The highest BCUT2D eigenvalue weighted by atomic mass is 16.6. The lowest BCUT2D eigenvalue weighted by atomic mass is 10.2. The number of carbonyl (C=O) groups is 1. The zero-order chi connectivity index (χ0) is 19.8. The van der Waals surface area contributed by atoms with Crippen molar-refractivity contribution in [1.82, 2.24) is 0 Å². The predicted molar refractivity (Wildman–Crippen MR) is 99.0 cm³/mol. The number of rotatable bonds is 8. The Labute approximate surface area is 162 Å². The van der Waals surface area contributed by atoms with Gasteiger partial charge in [0.1, 0.15) is 18.8 Å². The molecule has 3 rings (SSSR count). The van der Waals surface area contributed by atoms with Gasteiger partial charge in [-0.3, -0.25) is 10.1 Å². The lowest BCUT2D eigenvalue weighted by molar-refractivity contribution is -0.384. The number of non-ortho nitro benzene ring substituents is 1. The van der Waals surface area contributed by atoms with Crippen LogP contribution in [0.3, 0.4) is 0 Å². The highest BCUT2D eigenvalue weighted by molar-refractivity contribution is 5.89. The van der Waals surface area contributed by atoms with Crippen molar-refractivity contribution in [3.8, 4) is 0 Å². The largest absolute Gasteiger partial charge is 0.459 e. The molecule has 0 bridgehead atoms. The Kier molecular flexibility index (Phi) is 7.07. The summed E-state index contributed by atoms with van der Waals surface area (Å²) in [5.74, 6) is -0.569. The van der Waals surface area contributed by atoms with Gasteiger partial charge in [-0.05, 0) is 17.7 Å². The first-order valence-electron chi connectivity index (χ1n) is 8.88. The Bertz CT molecular complexity index is 779. The molecule has 1 aliphatic rings. The molecule has 2 aromatic rings. The van der Waals surface area contributed by atoms with E-state index >= 15 is 0 Å². The molecule has 0 spiro atoms. The van der Waals surface area contributed by atoms with E-state index in [1.54, 1.807) is 0 Å². The molecule has 2 aromatic carbocycles. The van der Waals surface area contributed by atoms with Crippen LogP contribution in [0.25, 0.3) is 0 Å². The Morgan fingerprint density at radius 1 is 1.04 bits per heavy atom. The smallest absolute Gasteiger partial charge is 0.338 e. The summed E-state index contributed by atoms with van der Waals surface area (Å²) >= 11 is 0. The number of benzene rings is 2. The molecular weight excluding hydrogens is 366 g/mol. The molecule has 0 aliphatic carbocycles. The topological polar surface area (TPSA) is 97.1 Å². The SMILES string of the molecule is O=C(OCC1COC[C@H](COCc2ccccc2)O1)c1ccc([N+](=O)[O-])cc1. The van der Waals surface area contributed by atoms with Gasteiger partial charge >= 0.3 is 5.97 Å².